The third-order valence-electron chi connectivity index (χ3n) is 2.59. The van der Waals surface area contributed by atoms with Gasteiger partial charge in [0.05, 0.1) is 4.47 Å². The first-order valence-corrected chi connectivity index (χ1v) is 6.67. The van der Waals surface area contributed by atoms with E-state index < -0.39 is 0 Å². The number of hydrogen-bond donors (Lipinski definition) is 0. The Kier molecular flexibility index (Phi) is 4.19. The molecule has 1 heterocycles. The highest BCUT2D eigenvalue weighted by molar-refractivity contribution is 9.10. The minimum absolute atomic E-state index is 0.427. The molecule has 0 bridgehead atoms. The van der Waals surface area contributed by atoms with Gasteiger partial charge in [0.15, 0.2) is 0 Å². The molecule has 2 aromatic rings. The van der Waals surface area contributed by atoms with Gasteiger partial charge in [-0.1, -0.05) is 41.4 Å². The number of rotatable bonds is 3. The molecule has 0 unspecified atom stereocenters. The first kappa shape index (κ1) is 13.3. The number of hydrogen-bond acceptors (Lipinski definition) is 3. The minimum Gasteiger partial charge on any atom is -0.354 e. The molecule has 2 rings (SSSR count). The lowest BCUT2D eigenvalue weighted by Crippen LogP contribution is -2.18. The van der Waals surface area contributed by atoms with E-state index in [1.54, 1.807) is 0 Å². The summed E-state index contributed by atoms with van der Waals surface area (Å²) in [5.74, 6) is 0.788. The third kappa shape index (κ3) is 3.00. The van der Waals surface area contributed by atoms with Gasteiger partial charge in [0.25, 0.3) is 0 Å². The molecule has 0 spiro atoms. The molecule has 0 radical (unpaired) electrons. The van der Waals surface area contributed by atoms with E-state index in [1.807, 2.05) is 11.9 Å². The van der Waals surface area contributed by atoms with E-state index in [-0.39, 0.29) is 0 Å². The summed E-state index contributed by atoms with van der Waals surface area (Å²) >= 11 is 9.37. The minimum atomic E-state index is 0.427. The van der Waals surface area contributed by atoms with Crippen molar-refractivity contribution >= 4 is 33.3 Å². The maximum absolute atomic E-state index is 5.96. The van der Waals surface area contributed by atoms with E-state index in [0.29, 0.717) is 5.15 Å². The smallest absolute Gasteiger partial charge is 0.148 e. The molecule has 0 aliphatic heterocycles. The van der Waals surface area contributed by atoms with Crippen LogP contribution < -0.4 is 4.90 Å². The molecule has 0 aliphatic carbocycles. The van der Waals surface area contributed by atoms with Gasteiger partial charge in [-0.05, 0) is 28.4 Å². The van der Waals surface area contributed by atoms with Crippen molar-refractivity contribution in [3.05, 3.63) is 51.3 Å². The van der Waals surface area contributed by atoms with Crippen molar-refractivity contribution in [3.63, 3.8) is 0 Å². The van der Waals surface area contributed by atoms with E-state index in [1.165, 1.54) is 17.5 Å². The third-order valence-corrected chi connectivity index (χ3v) is 3.84. The predicted molar refractivity (Wildman–Crippen MR) is 78.0 cm³/mol. The first-order valence-electron chi connectivity index (χ1n) is 5.50. The second-order valence-corrected chi connectivity index (χ2v) is 5.30. The summed E-state index contributed by atoms with van der Waals surface area (Å²) < 4.78 is 0.724. The van der Waals surface area contributed by atoms with Crippen molar-refractivity contribution < 1.29 is 0 Å². The molecule has 0 aliphatic rings. The average molecular weight is 327 g/mol. The standard InChI is InChI=1S/C13H13BrClN3/c1-9-4-3-5-10(6-9)7-18(2)13-11(14)12(15)16-8-17-13/h3-6,8H,7H2,1-2H3. The van der Waals surface area contributed by atoms with E-state index >= 15 is 0 Å². The monoisotopic (exact) mass is 325 g/mol. The van der Waals surface area contributed by atoms with Crippen LogP contribution in [0.15, 0.2) is 35.1 Å². The molecule has 0 N–H and O–H groups in total. The van der Waals surface area contributed by atoms with Gasteiger partial charge in [-0.3, -0.25) is 0 Å². The Morgan fingerprint density at radius 2 is 2.11 bits per heavy atom. The Labute approximate surface area is 120 Å². The highest BCUT2D eigenvalue weighted by Gasteiger charge is 2.11. The number of aryl methyl sites for hydroxylation is 1. The van der Waals surface area contributed by atoms with Gasteiger partial charge in [0.2, 0.25) is 0 Å². The summed E-state index contributed by atoms with van der Waals surface area (Å²) in [6.07, 6.45) is 1.47. The Bertz CT molecular complexity index is 560. The Morgan fingerprint density at radius 1 is 1.33 bits per heavy atom. The second-order valence-electron chi connectivity index (χ2n) is 4.15. The molecular weight excluding hydrogens is 314 g/mol. The van der Waals surface area contributed by atoms with Crippen molar-refractivity contribution in [2.45, 2.75) is 13.5 Å². The van der Waals surface area contributed by atoms with Crippen molar-refractivity contribution in [3.8, 4) is 0 Å². The fourth-order valence-electron chi connectivity index (χ4n) is 1.77. The van der Waals surface area contributed by atoms with Crippen LogP contribution in [0.1, 0.15) is 11.1 Å². The highest BCUT2D eigenvalue weighted by Crippen LogP contribution is 2.29. The van der Waals surface area contributed by atoms with Gasteiger partial charge in [-0.2, -0.15) is 0 Å². The van der Waals surface area contributed by atoms with Crippen LogP contribution in [0.4, 0.5) is 5.82 Å². The van der Waals surface area contributed by atoms with Crippen LogP contribution in [0.5, 0.6) is 0 Å². The van der Waals surface area contributed by atoms with Gasteiger partial charge >= 0.3 is 0 Å². The number of anilines is 1. The molecule has 3 nitrogen and oxygen atoms in total. The molecule has 0 atom stereocenters. The molecule has 94 valence electrons. The largest absolute Gasteiger partial charge is 0.354 e. The van der Waals surface area contributed by atoms with Crippen LogP contribution in [0.3, 0.4) is 0 Å². The highest BCUT2D eigenvalue weighted by atomic mass is 79.9. The van der Waals surface area contributed by atoms with Crippen LogP contribution in [0.25, 0.3) is 0 Å². The number of benzene rings is 1. The van der Waals surface area contributed by atoms with Gasteiger partial charge in [-0.15, -0.1) is 0 Å². The van der Waals surface area contributed by atoms with E-state index in [0.717, 1.165) is 16.8 Å². The zero-order valence-electron chi connectivity index (χ0n) is 10.2. The fourth-order valence-corrected chi connectivity index (χ4v) is 2.40. The quantitative estimate of drug-likeness (QED) is 0.803. The summed E-state index contributed by atoms with van der Waals surface area (Å²) in [5.41, 5.74) is 2.49. The van der Waals surface area contributed by atoms with Crippen LogP contribution in [0, 0.1) is 6.92 Å². The second kappa shape index (κ2) is 5.67. The molecule has 0 fully saturated rings. The molecule has 1 aromatic carbocycles. The molecule has 1 aromatic heterocycles. The summed E-state index contributed by atoms with van der Waals surface area (Å²) in [5, 5.41) is 0.427. The number of aromatic nitrogens is 2. The first-order chi connectivity index (χ1) is 8.58. The summed E-state index contributed by atoms with van der Waals surface area (Å²) in [6.45, 7) is 2.86. The normalized spacial score (nSPS) is 10.4. The number of nitrogens with zero attached hydrogens (tertiary/aromatic N) is 3. The Morgan fingerprint density at radius 3 is 2.83 bits per heavy atom. The molecule has 18 heavy (non-hydrogen) atoms. The zero-order chi connectivity index (χ0) is 13.1. The Balaban J connectivity index is 2.22. The lowest BCUT2D eigenvalue weighted by Gasteiger charge is -2.19. The lowest BCUT2D eigenvalue weighted by atomic mass is 10.1. The average Bonchev–Trinajstić information content (AvgIpc) is 2.32. The molecule has 5 heteroatoms. The maximum atomic E-state index is 5.96. The van der Waals surface area contributed by atoms with Crippen LogP contribution in [0.2, 0.25) is 5.15 Å². The lowest BCUT2D eigenvalue weighted by molar-refractivity contribution is 0.885. The van der Waals surface area contributed by atoms with Crippen LogP contribution in [-0.2, 0) is 6.54 Å². The van der Waals surface area contributed by atoms with Gasteiger partial charge in [-0.25, -0.2) is 9.97 Å². The van der Waals surface area contributed by atoms with Crippen molar-refractivity contribution in [2.24, 2.45) is 0 Å². The van der Waals surface area contributed by atoms with Gasteiger partial charge < -0.3 is 4.90 Å². The SMILES string of the molecule is Cc1cccc(CN(C)c2ncnc(Cl)c2Br)c1. The van der Waals surface area contributed by atoms with Crippen molar-refractivity contribution in [1.29, 1.82) is 0 Å². The predicted octanol–water partition coefficient (Wildman–Crippen LogP) is 3.84. The summed E-state index contributed by atoms with van der Waals surface area (Å²) in [4.78, 5) is 10.2. The zero-order valence-corrected chi connectivity index (χ0v) is 12.5. The molecule has 0 amide bonds. The van der Waals surface area contributed by atoms with Gasteiger partial charge in [0, 0.05) is 13.6 Å². The molecular formula is C13H13BrClN3. The Hall–Kier alpha value is -1.13. The molecule has 0 saturated carbocycles. The molecule has 0 saturated heterocycles. The summed E-state index contributed by atoms with van der Waals surface area (Å²) in [6, 6.07) is 8.40. The maximum Gasteiger partial charge on any atom is 0.148 e. The summed E-state index contributed by atoms with van der Waals surface area (Å²) in [7, 11) is 1.98. The fraction of sp³-hybridized carbons (Fsp3) is 0.231. The topological polar surface area (TPSA) is 29.0 Å². The van der Waals surface area contributed by atoms with Crippen molar-refractivity contribution in [1.82, 2.24) is 9.97 Å². The van der Waals surface area contributed by atoms with Gasteiger partial charge in [0.1, 0.15) is 17.3 Å². The van der Waals surface area contributed by atoms with E-state index in [4.69, 9.17) is 11.6 Å². The van der Waals surface area contributed by atoms with Crippen LogP contribution >= 0.6 is 27.5 Å². The van der Waals surface area contributed by atoms with Crippen LogP contribution in [-0.4, -0.2) is 17.0 Å². The van der Waals surface area contributed by atoms with Crippen molar-refractivity contribution in [2.75, 3.05) is 11.9 Å². The van der Waals surface area contributed by atoms with E-state index in [2.05, 4.69) is 57.1 Å². The number of halogens is 2. The van der Waals surface area contributed by atoms with E-state index in [9.17, 15) is 0 Å².